The van der Waals surface area contributed by atoms with E-state index in [2.05, 4.69) is 47.4 Å². The number of methoxy groups -OCH3 is 1. The summed E-state index contributed by atoms with van der Waals surface area (Å²) in [6.07, 6.45) is 0.564. The van der Waals surface area contributed by atoms with Crippen molar-refractivity contribution in [1.29, 1.82) is 0 Å². The molecule has 33 heavy (non-hydrogen) atoms. The zero-order valence-electron chi connectivity index (χ0n) is 18.8. The minimum Gasteiger partial charge on any atom is -0.380 e. The Labute approximate surface area is 193 Å². The summed E-state index contributed by atoms with van der Waals surface area (Å²) >= 11 is 0. The van der Waals surface area contributed by atoms with Gasteiger partial charge in [0.2, 0.25) is 5.82 Å². The van der Waals surface area contributed by atoms with Crippen molar-refractivity contribution >= 4 is 0 Å². The van der Waals surface area contributed by atoms with Crippen molar-refractivity contribution in [3.8, 4) is 34.0 Å². The molecular weight excluding hydrogens is 416 g/mol. The second-order valence-corrected chi connectivity index (χ2v) is 8.10. The van der Waals surface area contributed by atoms with Gasteiger partial charge in [-0.05, 0) is 53.8 Å². The van der Waals surface area contributed by atoms with E-state index in [0.29, 0.717) is 31.5 Å². The fraction of sp³-hybridized carbons (Fsp3) is 0.259. The predicted octanol–water partition coefficient (Wildman–Crippen LogP) is 5.96. The molecule has 1 aliphatic heterocycles. The maximum Gasteiger partial charge on any atom is 0.258 e. The Hall–Kier alpha value is -3.32. The van der Waals surface area contributed by atoms with E-state index in [9.17, 15) is 0 Å². The fourth-order valence-corrected chi connectivity index (χ4v) is 4.10. The van der Waals surface area contributed by atoms with Gasteiger partial charge in [-0.15, -0.1) is 0 Å². The average molecular weight is 443 g/mol. The monoisotopic (exact) mass is 442 g/mol. The van der Waals surface area contributed by atoms with Gasteiger partial charge in [0.25, 0.3) is 5.89 Å². The van der Waals surface area contributed by atoms with Gasteiger partial charge in [0.05, 0.1) is 19.8 Å². The number of aromatic nitrogens is 2. The van der Waals surface area contributed by atoms with Crippen LogP contribution in [-0.4, -0.2) is 30.5 Å². The minimum absolute atomic E-state index is 0.351. The highest BCUT2D eigenvalue weighted by Gasteiger charge is 2.19. The highest BCUT2D eigenvalue weighted by atomic mass is 16.7. The van der Waals surface area contributed by atoms with Gasteiger partial charge in [-0.25, -0.2) is 0 Å². The summed E-state index contributed by atoms with van der Waals surface area (Å²) in [6.45, 7) is 4.00. The molecule has 3 aromatic carbocycles. The molecule has 0 bridgehead atoms. The van der Waals surface area contributed by atoms with Crippen molar-refractivity contribution in [3.05, 3.63) is 83.4 Å². The van der Waals surface area contributed by atoms with Crippen molar-refractivity contribution in [2.45, 2.75) is 26.2 Å². The van der Waals surface area contributed by atoms with Crippen molar-refractivity contribution in [2.24, 2.45) is 0 Å². The lowest BCUT2D eigenvalue weighted by atomic mass is 9.94. The molecule has 0 unspecified atom stereocenters. The maximum atomic E-state index is 5.72. The van der Waals surface area contributed by atoms with Crippen LogP contribution in [0.4, 0.5) is 0 Å². The third-order valence-corrected chi connectivity index (χ3v) is 5.76. The quantitative estimate of drug-likeness (QED) is 0.367. The summed E-state index contributed by atoms with van der Waals surface area (Å²) in [5.41, 5.74) is 7.27. The number of nitrogens with zero attached hydrogens (tertiary/aromatic N) is 2. The first-order valence-electron chi connectivity index (χ1n) is 11.1. The van der Waals surface area contributed by atoms with E-state index in [1.807, 2.05) is 36.4 Å². The highest BCUT2D eigenvalue weighted by molar-refractivity contribution is 5.74. The first-order valence-corrected chi connectivity index (χ1v) is 11.1. The minimum atomic E-state index is -0.351. The average Bonchev–Trinajstić information content (AvgIpc) is 3.36. The van der Waals surface area contributed by atoms with Crippen LogP contribution in [0.5, 0.6) is 0 Å². The Morgan fingerprint density at radius 2 is 1.76 bits per heavy atom. The summed E-state index contributed by atoms with van der Waals surface area (Å²) in [5.74, 6) is 0.994. The topological polar surface area (TPSA) is 66.6 Å². The van der Waals surface area contributed by atoms with Gasteiger partial charge in [0.15, 0.2) is 6.29 Å². The molecule has 4 aromatic rings. The van der Waals surface area contributed by atoms with Crippen LogP contribution in [0.2, 0.25) is 0 Å². The lowest BCUT2D eigenvalue weighted by Crippen LogP contribution is -2.17. The second-order valence-electron chi connectivity index (χ2n) is 8.10. The SMILES string of the molecule is COCc1cc(-c2nc(-c3cccc(C4OCCCO4)c3)no2)ccc1-c1ccccc1C. The van der Waals surface area contributed by atoms with E-state index < -0.39 is 0 Å². The van der Waals surface area contributed by atoms with Gasteiger partial charge >= 0.3 is 0 Å². The number of ether oxygens (including phenoxy) is 3. The summed E-state index contributed by atoms with van der Waals surface area (Å²) < 4.78 is 22.6. The molecule has 1 aromatic heterocycles. The number of hydrogen-bond acceptors (Lipinski definition) is 6. The number of rotatable bonds is 6. The molecule has 0 saturated carbocycles. The Kier molecular flexibility index (Phi) is 6.30. The fourth-order valence-electron chi connectivity index (χ4n) is 4.10. The molecule has 0 atom stereocenters. The molecule has 2 heterocycles. The molecule has 1 saturated heterocycles. The van der Waals surface area contributed by atoms with Gasteiger partial charge in [-0.3, -0.25) is 0 Å². The number of benzene rings is 3. The maximum absolute atomic E-state index is 5.72. The van der Waals surface area contributed by atoms with E-state index in [-0.39, 0.29) is 6.29 Å². The summed E-state index contributed by atoms with van der Waals surface area (Å²) in [7, 11) is 1.70. The van der Waals surface area contributed by atoms with Gasteiger partial charge in [-0.1, -0.05) is 53.7 Å². The van der Waals surface area contributed by atoms with Crippen molar-refractivity contribution in [1.82, 2.24) is 10.1 Å². The van der Waals surface area contributed by atoms with Crippen LogP contribution in [-0.2, 0) is 20.8 Å². The highest BCUT2D eigenvalue weighted by Crippen LogP contribution is 2.32. The molecule has 0 spiro atoms. The van der Waals surface area contributed by atoms with Crippen LogP contribution >= 0.6 is 0 Å². The Morgan fingerprint density at radius 1 is 0.909 bits per heavy atom. The first kappa shape index (κ1) is 21.5. The van der Waals surface area contributed by atoms with E-state index in [1.54, 1.807) is 7.11 Å². The standard InChI is InChI=1S/C27H26N2O4/c1-18-7-3-4-10-23(18)24-12-11-20(16-22(24)17-30-2)26-28-25(29-33-26)19-8-5-9-21(15-19)27-31-13-6-14-32-27/h3-5,7-12,15-16,27H,6,13-14,17H2,1-2H3. The molecule has 1 fully saturated rings. The van der Waals surface area contributed by atoms with Crippen molar-refractivity contribution < 1.29 is 18.7 Å². The largest absolute Gasteiger partial charge is 0.380 e. The Morgan fingerprint density at radius 3 is 2.58 bits per heavy atom. The summed E-state index contributed by atoms with van der Waals surface area (Å²) in [6, 6.07) is 22.4. The third kappa shape index (κ3) is 4.59. The number of hydrogen-bond donors (Lipinski definition) is 0. The predicted molar refractivity (Wildman–Crippen MR) is 125 cm³/mol. The van der Waals surface area contributed by atoms with Crippen molar-refractivity contribution in [2.75, 3.05) is 20.3 Å². The smallest absolute Gasteiger partial charge is 0.258 e. The molecule has 0 aliphatic carbocycles. The first-order chi connectivity index (χ1) is 16.2. The normalized spacial score (nSPS) is 14.5. The van der Waals surface area contributed by atoms with Gasteiger partial charge in [-0.2, -0.15) is 4.98 Å². The van der Waals surface area contributed by atoms with Crippen LogP contribution in [0.15, 0.2) is 71.3 Å². The van der Waals surface area contributed by atoms with E-state index in [4.69, 9.17) is 18.7 Å². The van der Waals surface area contributed by atoms with Crippen LogP contribution in [0.3, 0.4) is 0 Å². The van der Waals surface area contributed by atoms with E-state index in [1.165, 1.54) is 11.1 Å². The molecule has 168 valence electrons. The third-order valence-electron chi connectivity index (χ3n) is 5.76. The molecule has 0 radical (unpaired) electrons. The van der Waals surface area contributed by atoms with Gasteiger partial charge < -0.3 is 18.7 Å². The molecular formula is C27H26N2O4. The zero-order valence-corrected chi connectivity index (χ0v) is 18.8. The van der Waals surface area contributed by atoms with Crippen LogP contribution in [0.25, 0.3) is 34.0 Å². The zero-order chi connectivity index (χ0) is 22.6. The van der Waals surface area contributed by atoms with Crippen molar-refractivity contribution in [3.63, 3.8) is 0 Å². The molecule has 0 N–H and O–H groups in total. The Bertz CT molecular complexity index is 1240. The van der Waals surface area contributed by atoms with Crippen LogP contribution < -0.4 is 0 Å². The molecule has 6 heteroatoms. The molecule has 0 amide bonds. The van der Waals surface area contributed by atoms with Crippen LogP contribution in [0.1, 0.15) is 29.4 Å². The van der Waals surface area contributed by atoms with E-state index in [0.717, 1.165) is 34.2 Å². The number of aryl methyl sites for hydroxylation is 1. The van der Waals surface area contributed by atoms with Crippen LogP contribution in [0, 0.1) is 6.92 Å². The van der Waals surface area contributed by atoms with Gasteiger partial charge in [0, 0.05) is 23.8 Å². The lowest BCUT2D eigenvalue weighted by molar-refractivity contribution is -0.183. The Balaban J connectivity index is 1.45. The molecule has 1 aliphatic rings. The molecule has 6 nitrogen and oxygen atoms in total. The molecule has 5 rings (SSSR count). The summed E-state index contributed by atoms with van der Waals surface area (Å²) in [4.78, 5) is 4.66. The summed E-state index contributed by atoms with van der Waals surface area (Å²) in [5, 5.41) is 4.22. The second kappa shape index (κ2) is 9.67. The lowest BCUT2D eigenvalue weighted by Gasteiger charge is -2.23. The van der Waals surface area contributed by atoms with E-state index >= 15 is 0 Å². The van der Waals surface area contributed by atoms with Gasteiger partial charge in [0.1, 0.15) is 0 Å².